The molecule has 1 aromatic heterocycles. The van der Waals surface area contributed by atoms with E-state index in [1.54, 1.807) is 29.2 Å². The highest BCUT2D eigenvalue weighted by molar-refractivity contribution is 6.31. The third kappa shape index (κ3) is 4.22. The molecule has 2 aromatic rings. The van der Waals surface area contributed by atoms with Gasteiger partial charge in [-0.25, -0.2) is 0 Å². The van der Waals surface area contributed by atoms with Crippen LogP contribution in [0.25, 0.3) is 10.9 Å². The molecule has 6 nitrogen and oxygen atoms in total. The van der Waals surface area contributed by atoms with Gasteiger partial charge in [0.15, 0.2) is 0 Å². The van der Waals surface area contributed by atoms with Crippen LogP contribution in [-0.2, 0) is 4.79 Å². The molecule has 7 heteroatoms. The first-order valence-corrected chi connectivity index (χ1v) is 9.39. The van der Waals surface area contributed by atoms with Gasteiger partial charge in [-0.3, -0.25) is 14.6 Å². The van der Waals surface area contributed by atoms with Gasteiger partial charge in [-0.2, -0.15) is 0 Å². The lowest BCUT2D eigenvalue weighted by Crippen LogP contribution is -2.43. The molecule has 0 bridgehead atoms. The van der Waals surface area contributed by atoms with E-state index >= 15 is 0 Å². The molecule has 0 spiro atoms. The number of carbonyl (C=O) groups excluding carboxylic acids is 1. The van der Waals surface area contributed by atoms with Crippen LogP contribution in [0.1, 0.15) is 28.9 Å². The van der Waals surface area contributed by atoms with Crippen molar-refractivity contribution in [3.63, 3.8) is 0 Å². The summed E-state index contributed by atoms with van der Waals surface area (Å²) in [5.74, 6) is -1.59. The SMILES string of the molecule is Cc1cc(C(=O)N2C[C@@H](C(=O)O)CC[C@@H](N(C)C)C2)c2cc(Cl)ccc2n1. The Hall–Kier alpha value is -2.18. The molecule has 144 valence electrons. The maximum absolute atomic E-state index is 13.4. The van der Waals surface area contributed by atoms with Crippen molar-refractivity contribution in [3.05, 3.63) is 40.5 Å². The third-order valence-electron chi connectivity index (χ3n) is 5.22. The summed E-state index contributed by atoms with van der Waals surface area (Å²) in [6.45, 7) is 2.55. The number of carboxylic acid groups (broad SMARTS) is 1. The number of likely N-dealkylation sites (N-methyl/N-ethyl adjacent to an activating group) is 1. The molecule has 2 heterocycles. The number of likely N-dealkylation sites (tertiary alicyclic amines) is 1. The minimum Gasteiger partial charge on any atom is -0.481 e. The van der Waals surface area contributed by atoms with E-state index in [0.29, 0.717) is 34.5 Å². The van der Waals surface area contributed by atoms with Gasteiger partial charge in [-0.15, -0.1) is 0 Å². The zero-order chi connectivity index (χ0) is 19.7. The molecule has 2 atom stereocenters. The Morgan fingerprint density at radius 3 is 2.63 bits per heavy atom. The number of pyridine rings is 1. The lowest BCUT2D eigenvalue weighted by atomic mass is 10.0. The molecule has 1 N–H and O–H groups in total. The summed E-state index contributed by atoms with van der Waals surface area (Å²) >= 11 is 6.14. The molecule has 0 saturated carbocycles. The summed E-state index contributed by atoms with van der Waals surface area (Å²) in [6.07, 6.45) is 1.31. The maximum atomic E-state index is 13.4. The summed E-state index contributed by atoms with van der Waals surface area (Å²) in [4.78, 5) is 33.2. The van der Waals surface area contributed by atoms with E-state index in [1.165, 1.54) is 0 Å². The molecule has 1 fully saturated rings. The number of hydrogen-bond acceptors (Lipinski definition) is 4. The van der Waals surface area contributed by atoms with Gasteiger partial charge in [0, 0.05) is 35.2 Å². The zero-order valence-electron chi connectivity index (χ0n) is 15.8. The second kappa shape index (κ2) is 7.82. The summed E-state index contributed by atoms with van der Waals surface area (Å²) in [7, 11) is 3.92. The standard InChI is InChI=1S/C20H24ClN3O3/c1-12-8-17(16-9-14(21)5-7-18(16)22-12)19(25)24-10-13(20(26)27)4-6-15(11-24)23(2)3/h5,7-9,13,15H,4,6,10-11H2,1-3H3,(H,26,27)/t13-,15+/m0/s1. The Bertz CT molecular complexity index is 884. The zero-order valence-corrected chi connectivity index (χ0v) is 16.5. The van der Waals surface area contributed by atoms with Crippen LogP contribution >= 0.6 is 11.6 Å². The number of carbonyl (C=O) groups is 2. The molecule has 0 unspecified atom stereocenters. The van der Waals surface area contributed by atoms with E-state index in [9.17, 15) is 14.7 Å². The number of aryl methyl sites for hydroxylation is 1. The molecule has 1 aromatic carbocycles. The Morgan fingerprint density at radius 2 is 1.96 bits per heavy atom. The van der Waals surface area contributed by atoms with Gasteiger partial charge >= 0.3 is 5.97 Å². The van der Waals surface area contributed by atoms with Gasteiger partial charge in [-0.05, 0) is 58.1 Å². The van der Waals surface area contributed by atoms with Gasteiger partial charge < -0.3 is 14.9 Å². The van der Waals surface area contributed by atoms with Gasteiger partial charge in [0.2, 0.25) is 0 Å². The lowest BCUT2D eigenvalue weighted by molar-refractivity contribution is -0.142. The number of benzene rings is 1. The number of rotatable bonds is 3. The number of aliphatic carboxylic acids is 1. The van der Waals surface area contributed by atoms with Crippen LogP contribution < -0.4 is 0 Å². The monoisotopic (exact) mass is 389 g/mol. The van der Waals surface area contributed by atoms with Crippen molar-refractivity contribution < 1.29 is 14.7 Å². The highest BCUT2D eigenvalue weighted by Crippen LogP contribution is 2.26. The number of fused-ring (bicyclic) bond motifs is 1. The quantitative estimate of drug-likeness (QED) is 0.873. The van der Waals surface area contributed by atoms with E-state index < -0.39 is 11.9 Å². The number of carboxylic acids is 1. The van der Waals surface area contributed by atoms with Crippen molar-refractivity contribution in [2.45, 2.75) is 25.8 Å². The first-order valence-electron chi connectivity index (χ1n) is 9.01. The molecule has 1 saturated heterocycles. The predicted molar refractivity (Wildman–Crippen MR) is 105 cm³/mol. The smallest absolute Gasteiger partial charge is 0.308 e. The molecule has 1 aliphatic heterocycles. The fraction of sp³-hybridized carbons (Fsp3) is 0.450. The second-order valence-corrected chi connectivity index (χ2v) is 7.85. The Kier molecular flexibility index (Phi) is 5.67. The van der Waals surface area contributed by atoms with Crippen LogP contribution in [0.15, 0.2) is 24.3 Å². The van der Waals surface area contributed by atoms with E-state index in [4.69, 9.17) is 11.6 Å². The van der Waals surface area contributed by atoms with E-state index in [2.05, 4.69) is 9.88 Å². The van der Waals surface area contributed by atoms with Crippen LogP contribution in [0.5, 0.6) is 0 Å². The lowest BCUT2D eigenvalue weighted by Gasteiger charge is -2.29. The van der Waals surface area contributed by atoms with Crippen molar-refractivity contribution in [2.24, 2.45) is 5.92 Å². The van der Waals surface area contributed by atoms with Crippen molar-refractivity contribution in [1.29, 1.82) is 0 Å². The van der Waals surface area contributed by atoms with E-state index in [-0.39, 0.29) is 18.5 Å². The summed E-state index contributed by atoms with van der Waals surface area (Å²) in [5.41, 5.74) is 1.96. The van der Waals surface area contributed by atoms with Crippen LogP contribution in [0.2, 0.25) is 5.02 Å². The number of halogens is 1. The molecule has 27 heavy (non-hydrogen) atoms. The largest absolute Gasteiger partial charge is 0.481 e. The predicted octanol–water partition coefficient (Wildman–Crippen LogP) is 3.06. The number of hydrogen-bond donors (Lipinski definition) is 1. The first kappa shape index (κ1) is 19.6. The fourth-order valence-corrected chi connectivity index (χ4v) is 3.81. The van der Waals surface area contributed by atoms with Crippen LogP contribution in [0, 0.1) is 12.8 Å². The summed E-state index contributed by atoms with van der Waals surface area (Å²) in [6, 6.07) is 7.17. The third-order valence-corrected chi connectivity index (χ3v) is 5.45. The number of nitrogens with zero attached hydrogens (tertiary/aromatic N) is 3. The van der Waals surface area contributed by atoms with Crippen LogP contribution in [0.4, 0.5) is 0 Å². The average molecular weight is 390 g/mol. The number of amides is 1. The molecule has 3 rings (SSSR count). The van der Waals surface area contributed by atoms with Crippen molar-refractivity contribution in [1.82, 2.24) is 14.8 Å². The molecule has 0 aliphatic carbocycles. The van der Waals surface area contributed by atoms with Crippen LogP contribution in [-0.4, -0.2) is 65.0 Å². The molecular formula is C20H24ClN3O3. The van der Waals surface area contributed by atoms with Crippen LogP contribution in [0.3, 0.4) is 0 Å². The van der Waals surface area contributed by atoms with Gasteiger partial charge in [0.25, 0.3) is 5.91 Å². The highest BCUT2D eigenvalue weighted by Gasteiger charge is 2.32. The topological polar surface area (TPSA) is 73.7 Å². The Labute approximate surface area is 163 Å². The maximum Gasteiger partial charge on any atom is 0.308 e. The second-order valence-electron chi connectivity index (χ2n) is 7.41. The van der Waals surface area contributed by atoms with Gasteiger partial charge in [0.1, 0.15) is 0 Å². The molecular weight excluding hydrogens is 366 g/mol. The average Bonchev–Trinajstić information content (AvgIpc) is 2.84. The number of aromatic nitrogens is 1. The van der Waals surface area contributed by atoms with Crippen molar-refractivity contribution >= 4 is 34.4 Å². The first-order chi connectivity index (χ1) is 12.8. The Morgan fingerprint density at radius 1 is 1.22 bits per heavy atom. The molecule has 1 amide bonds. The van der Waals surface area contributed by atoms with E-state index in [0.717, 1.165) is 12.1 Å². The van der Waals surface area contributed by atoms with E-state index in [1.807, 2.05) is 21.0 Å². The minimum absolute atomic E-state index is 0.121. The van der Waals surface area contributed by atoms with Crippen molar-refractivity contribution in [3.8, 4) is 0 Å². The Balaban J connectivity index is 2.03. The summed E-state index contributed by atoms with van der Waals surface area (Å²) in [5, 5.41) is 10.8. The van der Waals surface area contributed by atoms with Gasteiger partial charge in [0.05, 0.1) is 17.0 Å². The molecule has 1 aliphatic rings. The highest BCUT2D eigenvalue weighted by atomic mass is 35.5. The fourth-order valence-electron chi connectivity index (χ4n) is 3.64. The normalized spacial score (nSPS) is 20.7. The van der Waals surface area contributed by atoms with Gasteiger partial charge in [-0.1, -0.05) is 11.6 Å². The summed E-state index contributed by atoms with van der Waals surface area (Å²) < 4.78 is 0. The molecule has 0 radical (unpaired) electrons. The minimum atomic E-state index is -0.856. The van der Waals surface area contributed by atoms with Crippen molar-refractivity contribution in [2.75, 3.05) is 27.2 Å².